The lowest BCUT2D eigenvalue weighted by Crippen LogP contribution is -2.49. The average Bonchev–Trinajstić information content (AvgIpc) is 2.68. The van der Waals surface area contributed by atoms with E-state index < -0.39 is 0 Å². The van der Waals surface area contributed by atoms with E-state index in [0.29, 0.717) is 12.6 Å². The predicted octanol–water partition coefficient (Wildman–Crippen LogP) is 2.50. The molecule has 6 heteroatoms. The van der Waals surface area contributed by atoms with Crippen molar-refractivity contribution < 1.29 is 9.47 Å². The molecule has 1 saturated heterocycles. The molecule has 2 rings (SSSR count). The summed E-state index contributed by atoms with van der Waals surface area (Å²) in [5.41, 5.74) is 0. The normalized spacial score (nSPS) is 16.3. The molecular weight excluding hydrogens is 328 g/mol. The molecule has 1 aliphatic rings. The summed E-state index contributed by atoms with van der Waals surface area (Å²) in [7, 11) is 3.49. The molecule has 0 atom stereocenters. The summed E-state index contributed by atoms with van der Waals surface area (Å²) in [5.74, 6) is 2.54. The minimum absolute atomic E-state index is 0.516. The lowest BCUT2D eigenvalue weighted by Gasteiger charge is -2.32. The van der Waals surface area contributed by atoms with Gasteiger partial charge in [0.25, 0.3) is 0 Å². The van der Waals surface area contributed by atoms with E-state index in [0.717, 1.165) is 30.4 Å². The molecule has 26 heavy (non-hydrogen) atoms. The van der Waals surface area contributed by atoms with Gasteiger partial charge in [0.05, 0.1) is 13.7 Å². The van der Waals surface area contributed by atoms with Gasteiger partial charge in [0.2, 0.25) is 0 Å². The number of methoxy groups -OCH3 is 1. The highest BCUT2D eigenvalue weighted by Crippen LogP contribution is 2.18. The molecule has 0 bridgehead atoms. The van der Waals surface area contributed by atoms with E-state index in [4.69, 9.17) is 9.47 Å². The second-order valence-electron chi connectivity index (χ2n) is 6.64. The van der Waals surface area contributed by atoms with Gasteiger partial charge in [0.15, 0.2) is 5.96 Å². The van der Waals surface area contributed by atoms with Crippen LogP contribution in [0.5, 0.6) is 11.5 Å². The van der Waals surface area contributed by atoms with Crippen molar-refractivity contribution in [3.63, 3.8) is 0 Å². The van der Waals surface area contributed by atoms with Crippen LogP contribution in [0.3, 0.4) is 0 Å². The second kappa shape index (κ2) is 11.6. The maximum Gasteiger partial charge on any atom is 0.191 e. The third-order valence-corrected chi connectivity index (χ3v) is 4.62. The van der Waals surface area contributed by atoms with Crippen molar-refractivity contribution in [3.8, 4) is 11.5 Å². The van der Waals surface area contributed by atoms with Gasteiger partial charge in [0.1, 0.15) is 11.5 Å². The molecule has 0 spiro atoms. The van der Waals surface area contributed by atoms with Crippen LogP contribution in [0.2, 0.25) is 0 Å². The lowest BCUT2D eigenvalue weighted by atomic mass is 10.1. The van der Waals surface area contributed by atoms with Crippen LogP contribution in [0.15, 0.2) is 29.3 Å². The number of piperidine rings is 1. The molecule has 1 aromatic rings. The van der Waals surface area contributed by atoms with Gasteiger partial charge >= 0.3 is 0 Å². The van der Waals surface area contributed by atoms with Crippen LogP contribution in [0.25, 0.3) is 0 Å². The van der Waals surface area contributed by atoms with Gasteiger partial charge in [-0.1, -0.05) is 13.0 Å². The van der Waals surface area contributed by atoms with Gasteiger partial charge < -0.3 is 25.0 Å². The molecule has 0 amide bonds. The van der Waals surface area contributed by atoms with Gasteiger partial charge in [-0.3, -0.25) is 4.99 Å². The Hall–Kier alpha value is -1.95. The summed E-state index contributed by atoms with van der Waals surface area (Å²) >= 11 is 0. The molecule has 0 aliphatic carbocycles. The number of likely N-dealkylation sites (tertiary alicyclic amines) is 1. The van der Waals surface area contributed by atoms with Crippen molar-refractivity contribution in [3.05, 3.63) is 24.3 Å². The zero-order valence-electron chi connectivity index (χ0n) is 16.5. The highest BCUT2D eigenvalue weighted by atomic mass is 16.5. The van der Waals surface area contributed by atoms with Crippen LogP contribution in [0.4, 0.5) is 0 Å². The van der Waals surface area contributed by atoms with Crippen LogP contribution in [0, 0.1) is 0 Å². The molecule has 0 radical (unpaired) electrons. The predicted molar refractivity (Wildman–Crippen MR) is 107 cm³/mol. The van der Waals surface area contributed by atoms with Gasteiger partial charge in [0, 0.05) is 38.8 Å². The Balaban J connectivity index is 1.60. The van der Waals surface area contributed by atoms with Crippen molar-refractivity contribution in [1.82, 2.24) is 15.5 Å². The van der Waals surface area contributed by atoms with Crippen molar-refractivity contribution in [2.75, 3.05) is 46.9 Å². The van der Waals surface area contributed by atoms with E-state index in [2.05, 4.69) is 27.4 Å². The third kappa shape index (κ3) is 7.12. The lowest BCUT2D eigenvalue weighted by molar-refractivity contribution is 0.206. The number of hydrogen-bond acceptors (Lipinski definition) is 4. The Bertz CT molecular complexity index is 542. The van der Waals surface area contributed by atoms with Crippen LogP contribution >= 0.6 is 0 Å². The fourth-order valence-electron chi connectivity index (χ4n) is 3.17. The molecule has 1 aromatic carbocycles. The summed E-state index contributed by atoms with van der Waals surface area (Å²) < 4.78 is 11.0. The maximum absolute atomic E-state index is 5.76. The Labute approximate surface area is 158 Å². The van der Waals surface area contributed by atoms with E-state index in [9.17, 15) is 0 Å². The van der Waals surface area contributed by atoms with Gasteiger partial charge in [-0.05, 0) is 44.4 Å². The summed E-state index contributed by atoms with van der Waals surface area (Å²) in [4.78, 5) is 6.89. The number of aliphatic imine (C=N–C) groups is 1. The molecular formula is C20H34N4O2. The van der Waals surface area contributed by atoms with Crippen molar-refractivity contribution in [1.29, 1.82) is 0 Å². The van der Waals surface area contributed by atoms with Gasteiger partial charge in [-0.2, -0.15) is 0 Å². The van der Waals surface area contributed by atoms with E-state index in [1.165, 1.54) is 38.9 Å². The first kappa shape index (κ1) is 20.4. The van der Waals surface area contributed by atoms with Crippen LogP contribution in [0.1, 0.15) is 32.6 Å². The van der Waals surface area contributed by atoms with Crippen LogP contribution in [-0.4, -0.2) is 63.8 Å². The number of nitrogens with one attached hydrogen (secondary N) is 2. The summed E-state index contributed by atoms with van der Waals surface area (Å²) in [6.45, 7) is 7.31. The number of hydrogen-bond donors (Lipinski definition) is 2. The molecule has 0 aromatic heterocycles. The number of rotatable bonds is 9. The average molecular weight is 363 g/mol. The summed E-state index contributed by atoms with van der Waals surface area (Å²) in [5, 5.41) is 6.93. The van der Waals surface area contributed by atoms with E-state index in [1.807, 2.05) is 31.3 Å². The quantitative estimate of drug-likeness (QED) is 0.402. The first-order valence-electron chi connectivity index (χ1n) is 9.71. The molecule has 146 valence electrons. The topological polar surface area (TPSA) is 58.1 Å². The smallest absolute Gasteiger partial charge is 0.191 e. The molecule has 1 fully saturated rings. The largest absolute Gasteiger partial charge is 0.497 e. The van der Waals surface area contributed by atoms with E-state index in [1.54, 1.807) is 7.11 Å². The number of ether oxygens (including phenoxy) is 2. The first-order valence-corrected chi connectivity index (χ1v) is 9.71. The Morgan fingerprint density at radius 1 is 1.27 bits per heavy atom. The molecule has 0 unspecified atom stereocenters. The van der Waals surface area contributed by atoms with Gasteiger partial charge in [-0.25, -0.2) is 0 Å². The summed E-state index contributed by atoms with van der Waals surface area (Å²) in [6, 6.07) is 8.21. The van der Waals surface area contributed by atoms with Crippen LogP contribution in [-0.2, 0) is 0 Å². The SMILES string of the molecule is CCCN1CCC(NC(=NC)NCCCOc2cccc(OC)c2)CC1. The minimum Gasteiger partial charge on any atom is -0.497 e. The molecule has 2 N–H and O–H groups in total. The van der Waals surface area contributed by atoms with E-state index in [-0.39, 0.29) is 0 Å². The fraction of sp³-hybridized carbons (Fsp3) is 0.650. The Morgan fingerprint density at radius 2 is 2.04 bits per heavy atom. The molecule has 6 nitrogen and oxygen atoms in total. The van der Waals surface area contributed by atoms with Crippen LogP contribution < -0.4 is 20.1 Å². The molecule has 1 aliphatic heterocycles. The highest BCUT2D eigenvalue weighted by Gasteiger charge is 2.19. The number of guanidine groups is 1. The fourth-order valence-corrected chi connectivity index (χ4v) is 3.17. The second-order valence-corrected chi connectivity index (χ2v) is 6.64. The zero-order valence-corrected chi connectivity index (χ0v) is 16.5. The number of nitrogens with zero attached hydrogens (tertiary/aromatic N) is 2. The maximum atomic E-state index is 5.76. The monoisotopic (exact) mass is 362 g/mol. The number of benzene rings is 1. The minimum atomic E-state index is 0.516. The van der Waals surface area contributed by atoms with Crippen molar-refractivity contribution >= 4 is 5.96 Å². The van der Waals surface area contributed by atoms with E-state index >= 15 is 0 Å². The van der Waals surface area contributed by atoms with Crippen molar-refractivity contribution in [2.45, 2.75) is 38.6 Å². The Morgan fingerprint density at radius 3 is 2.73 bits per heavy atom. The van der Waals surface area contributed by atoms with Gasteiger partial charge in [-0.15, -0.1) is 0 Å². The molecule has 1 heterocycles. The molecule has 0 saturated carbocycles. The highest BCUT2D eigenvalue weighted by molar-refractivity contribution is 5.79. The first-order chi connectivity index (χ1) is 12.7. The zero-order chi connectivity index (χ0) is 18.6. The third-order valence-electron chi connectivity index (χ3n) is 4.62. The standard InChI is InChI=1S/C20H34N4O2/c1-4-12-24-13-9-17(10-14-24)23-20(21-2)22-11-6-15-26-19-8-5-7-18(16-19)25-3/h5,7-8,16-17H,4,6,9-15H2,1-3H3,(H2,21,22,23). The summed E-state index contributed by atoms with van der Waals surface area (Å²) in [6.07, 6.45) is 4.51. The van der Waals surface area contributed by atoms with Crippen molar-refractivity contribution in [2.24, 2.45) is 4.99 Å². The Kier molecular flexibility index (Phi) is 9.10.